The van der Waals surface area contributed by atoms with Crippen molar-refractivity contribution in [1.82, 2.24) is 10.2 Å². The Morgan fingerprint density at radius 3 is 2.70 bits per heavy atom. The number of nitrogens with zero attached hydrogens (tertiary/aromatic N) is 2. The SMILES string of the molecule is O=C(NC1CC1)C1CCCN1C(=O)c1cc([N+](=O)[O-])ccc1I. The van der Waals surface area contributed by atoms with E-state index in [2.05, 4.69) is 5.32 Å². The van der Waals surface area contributed by atoms with E-state index in [0.717, 1.165) is 19.3 Å². The first-order chi connectivity index (χ1) is 11.0. The first-order valence-electron chi connectivity index (χ1n) is 7.52. The Labute approximate surface area is 146 Å². The topological polar surface area (TPSA) is 92.6 Å². The molecule has 23 heavy (non-hydrogen) atoms. The highest BCUT2D eigenvalue weighted by Crippen LogP contribution is 2.26. The molecule has 3 rings (SSSR count). The van der Waals surface area contributed by atoms with E-state index in [1.54, 1.807) is 11.0 Å². The molecule has 1 saturated heterocycles. The van der Waals surface area contributed by atoms with E-state index in [1.165, 1.54) is 12.1 Å². The molecule has 1 heterocycles. The van der Waals surface area contributed by atoms with Crippen LogP contribution in [0.4, 0.5) is 5.69 Å². The van der Waals surface area contributed by atoms with Crippen LogP contribution in [0.5, 0.6) is 0 Å². The second-order valence-electron chi connectivity index (χ2n) is 5.86. The van der Waals surface area contributed by atoms with Crippen LogP contribution < -0.4 is 5.32 Å². The molecule has 0 bridgehead atoms. The molecule has 122 valence electrons. The Hall–Kier alpha value is -1.71. The molecule has 1 aliphatic heterocycles. The molecule has 2 fully saturated rings. The lowest BCUT2D eigenvalue weighted by Crippen LogP contribution is -2.46. The highest BCUT2D eigenvalue weighted by atomic mass is 127. The number of likely N-dealkylation sites (tertiary alicyclic amines) is 1. The molecule has 0 spiro atoms. The summed E-state index contributed by atoms with van der Waals surface area (Å²) in [6.07, 6.45) is 3.39. The summed E-state index contributed by atoms with van der Waals surface area (Å²) in [6, 6.07) is 4.00. The van der Waals surface area contributed by atoms with Crippen LogP contribution in [0.2, 0.25) is 0 Å². The Morgan fingerprint density at radius 1 is 1.30 bits per heavy atom. The normalized spacial score (nSPS) is 20.4. The standard InChI is InChI=1S/C15H16IN3O4/c16-12-6-5-10(19(22)23)8-11(12)15(21)18-7-1-2-13(18)14(20)17-9-3-4-9/h5-6,8-9,13H,1-4,7H2,(H,17,20). The minimum atomic E-state index is -0.520. The van der Waals surface area contributed by atoms with Gasteiger partial charge in [-0.1, -0.05) is 0 Å². The van der Waals surface area contributed by atoms with E-state index < -0.39 is 11.0 Å². The minimum absolute atomic E-state index is 0.112. The summed E-state index contributed by atoms with van der Waals surface area (Å²) in [5.41, 5.74) is 0.165. The van der Waals surface area contributed by atoms with Gasteiger partial charge in [-0.05, 0) is 54.3 Å². The fourth-order valence-corrected chi connectivity index (χ4v) is 3.32. The summed E-state index contributed by atoms with van der Waals surface area (Å²) in [7, 11) is 0. The van der Waals surface area contributed by atoms with Crippen LogP contribution in [0.1, 0.15) is 36.0 Å². The number of rotatable bonds is 4. The lowest BCUT2D eigenvalue weighted by molar-refractivity contribution is -0.384. The van der Waals surface area contributed by atoms with E-state index in [1.807, 2.05) is 22.6 Å². The predicted octanol–water partition coefficient (Wildman–Crippen LogP) is 2.08. The second kappa shape index (κ2) is 6.42. The first kappa shape index (κ1) is 16.2. The Balaban J connectivity index is 1.82. The van der Waals surface area contributed by atoms with E-state index in [9.17, 15) is 19.7 Å². The van der Waals surface area contributed by atoms with Gasteiger partial charge in [0.1, 0.15) is 6.04 Å². The number of hydrogen-bond donors (Lipinski definition) is 1. The van der Waals surface area contributed by atoms with Gasteiger partial charge in [0.2, 0.25) is 5.91 Å². The predicted molar refractivity (Wildman–Crippen MR) is 91.0 cm³/mol. The van der Waals surface area contributed by atoms with Crippen molar-refractivity contribution in [3.05, 3.63) is 37.4 Å². The third-order valence-electron chi connectivity index (χ3n) is 4.13. The zero-order valence-corrected chi connectivity index (χ0v) is 14.5. The molecule has 1 saturated carbocycles. The fourth-order valence-electron chi connectivity index (χ4n) is 2.75. The number of hydrogen-bond acceptors (Lipinski definition) is 4. The average Bonchev–Trinajstić information content (AvgIpc) is 3.18. The van der Waals surface area contributed by atoms with E-state index in [-0.39, 0.29) is 29.1 Å². The lowest BCUT2D eigenvalue weighted by Gasteiger charge is -2.24. The number of halogens is 1. The van der Waals surface area contributed by atoms with Gasteiger partial charge < -0.3 is 10.2 Å². The third kappa shape index (κ3) is 3.46. The van der Waals surface area contributed by atoms with E-state index >= 15 is 0 Å². The number of non-ortho nitro benzene ring substituents is 1. The molecule has 1 aromatic rings. The number of amides is 2. The molecular formula is C15H16IN3O4. The highest BCUT2D eigenvalue weighted by molar-refractivity contribution is 14.1. The molecule has 7 nitrogen and oxygen atoms in total. The van der Waals surface area contributed by atoms with E-state index in [0.29, 0.717) is 16.5 Å². The number of nitrogens with one attached hydrogen (secondary N) is 1. The third-order valence-corrected chi connectivity index (χ3v) is 5.07. The van der Waals surface area contributed by atoms with Gasteiger partial charge in [-0.2, -0.15) is 0 Å². The van der Waals surface area contributed by atoms with Gasteiger partial charge in [0.15, 0.2) is 0 Å². The maximum absolute atomic E-state index is 12.8. The van der Waals surface area contributed by atoms with Crippen molar-refractivity contribution in [3.8, 4) is 0 Å². The van der Waals surface area contributed by atoms with E-state index in [4.69, 9.17) is 0 Å². The molecule has 2 aliphatic rings. The van der Waals surface area contributed by atoms with Gasteiger partial charge in [0.05, 0.1) is 10.5 Å². The van der Waals surface area contributed by atoms with Crippen LogP contribution in [0.3, 0.4) is 0 Å². The Kier molecular flexibility index (Phi) is 4.51. The lowest BCUT2D eigenvalue weighted by atomic mass is 10.1. The quantitative estimate of drug-likeness (QED) is 0.451. The van der Waals surface area contributed by atoms with Crippen molar-refractivity contribution in [3.63, 3.8) is 0 Å². The Morgan fingerprint density at radius 2 is 2.04 bits per heavy atom. The zero-order chi connectivity index (χ0) is 16.6. The molecule has 1 N–H and O–H groups in total. The summed E-state index contributed by atoms with van der Waals surface area (Å²) < 4.78 is 0.645. The summed E-state index contributed by atoms with van der Waals surface area (Å²) in [6.45, 7) is 0.500. The van der Waals surface area contributed by atoms with Gasteiger partial charge in [-0.25, -0.2) is 0 Å². The summed E-state index contributed by atoms with van der Waals surface area (Å²) in [4.78, 5) is 37.0. The van der Waals surface area contributed by atoms with Crippen molar-refractivity contribution in [2.45, 2.75) is 37.8 Å². The second-order valence-corrected chi connectivity index (χ2v) is 7.02. The smallest absolute Gasteiger partial charge is 0.270 e. The van der Waals surface area contributed by atoms with Crippen LogP contribution in [0.15, 0.2) is 18.2 Å². The maximum Gasteiger partial charge on any atom is 0.270 e. The van der Waals surface area contributed by atoms with Crippen LogP contribution >= 0.6 is 22.6 Å². The van der Waals surface area contributed by atoms with Crippen molar-refractivity contribution in [2.75, 3.05) is 6.54 Å². The van der Waals surface area contributed by atoms with Crippen LogP contribution in [0, 0.1) is 13.7 Å². The molecule has 8 heteroatoms. The number of carbonyl (C=O) groups excluding carboxylic acids is 2. The first-order valence-corrected chi connectivity index (χ1v) is 8.60. The monoisotopic (exact) mass is 429 g/mol. The minimum Gasteiger partial charge on any atom is -0.352 e. The van der Waals surface area contributed by atoms with Crippen LogP contribution in [-0.4, -0.2) is 40.3 Å². The fraction of sp³-hybridized carbons (Fsp3) is 0.467. The summed E-state index contributed by atoms with van der Waals surface area (Å²) in [5, 5.41) is 13.9. The number of nitro groups is 1. The summed E-state index contributed by atoms with van der Waals surface area (Å²) >= 11 is 1.99. The van der Waals surface area contributed by atoms with Crippen molar-refractivity contribution >= 4 is 40.1 Å². The number of carbonyl (C=O) groups is 2. The number of benzene rings is 1. The van der Waals surface area contributed by atoms with Crippen molar-refractivity contribution in [1.29, 1.82) is 0 Å². The van der Waals surface area contributed by atoms with Crippen LogP contribution in [-0.2, 0) is 4.79 Å². The molecule has 1 aliphatic carbocycles. The van der Waals surface area contributed by atoms with Gasteiger partial charge in [0.25, 0.3) is 11.6 Å². The average molecular weight is 429 g/mol. The molecule has 1 atom stereocenters. The number of nitro benzene ring substituents is 1. The largest absolute Gasteiger partial charge is 0.352 e. The van der Waals surface area contributed by atoms with Gasteiger partial charge in [-0.3, -0.25) is 19.7 Å². The molecule has 2 amide bonds. The zero-order valence-electron chi connectivity index (χ0n) is 12.3. The molecule has 0 radical (unpaired) electrons. The molecule has 1 unspecified atom stereocenters. The van der Waals surface area contributed by atoms with Crippen molar-refractivity contribution in [2.24, 2.45) is 0 Å². The van der Waals surface area contributed by atoms with Gasteiger partial charge in [0, 0.05) is 28.3 Å². The van der Waals surface area contributed by atoms with Crippen molar-refractivity contribution < 1.29 is 14.5 Å². The van der Waals surface area contributed by atoms with Gasteiger partial charge in [-0.15, -0.1) is 0 Å². The highest BCUT2D eigenvalue weighted by Gasteiger charge is 2.37. The molecular weight excluding hydrogens is 413 g/mol. The molecule has 0 aromatic heterocycles. The maximum atomic E-state index is 12.8. The van der Waals surface area contributed by atoms with Gasteiger partial charge >= 0.3 is 0 Å². The van der Waals surface area contributed by atoms with Crippen LogP contribution in [0.25, 0.3) is 0 Å². The summed E-state index contributed by atoms with van der Waals surface area (Å²) in [5.74, 6) is -0.426. The molecule has 1 aromatic carbocycles. The Bertz CT molecular complexity index is 675.